The first-order valence-electron chi connectivity index (χ1n) is 5.17. The van der Waals surface area contributed by atoms with Crippen molar-refractivity contribution >= 4 is 17.4 Å². The summed E-state index contributed by atoms with van der Waals surface area (Å²) in [7, 11) is 0. The van der Waals surface area contributed by atoms with Gasteiger partial charge in [-0.2, -0.15) is 0 Å². The summed E-state index contributed by atoms with van der Waals surface area (Å²) in [5.41, 5.74) is 0.494. The van der Waals surface area contributed by atoms with E-state index in [0.717, 1.165) is 0 Å². The van der Waals surface area contributed by atoms with Crippen molar-refractivity contribution in [3.63, 3.8) is 0 Å². The molecule has 1 aromatic heterocycles. The third-order valence-corrected chi connectivity index (χ3v) is 2.58. The third-order valence-electron chi connectivity index (χ3n) is 2.58. The van der Waals surface area contributed by atoms with Crippen LogP contribution in [-0.4, -0.2) is 25.5 Å². The van der Waals surface area contributed by atoms with Crippen molar-refractivity contribution in [2.75, 3.05) is 0 Å². The maximum absolute atomic E-state index is 11.5. The highest BCUT2D eigenvalue weighted by atomic mass is 16.6. The number of carbonyl (C=O) groups excluding carboxylic acids is 1. The van der Waals surface area contributed by atoms with Crippen LogP contribution in [0.2, 0.25) is 0 Å². The molecule has 0 spiro atoms. The molecule has 0 fully saturated rings. The van der Waals surface area contributed by atoms with Crippen LogP contribution in [0.3, 0.4) is 0 Å². The number of nitro groups is 1. The first kappa shape index (κ1) is 11.4. The van der Waals surface area contributed by atoms with E-state index in [4.69, 9.17) is 0 Å². The van der Waals surface area contributed by atoms with Crippen molar-refractivity contribution < 1.29 is 9.72 Å². The van der Waals surface area contributed by atoms with Crippen LogP contribution in [0, 0.1) is 15.5 Å². The first-order chi connectivity index (χ1) is 7.87. The van der Waals surface area contributed by atoms with E-state index >= 15 is 0 Å². The summed E-state index contributed by atoms with van der Waals surface area (Å²) in [6.07, 6.45) is 3.86. The van der Waals surface area contributed by atoms with Gasteiger partial charge >= 0.3 is 5.95 Å². The average molecular weight is 236 g/mol. The molecular weight excluding hydrogens is 224 g/mol. The van der Waals surface area contributed by atoms with Gasteiger partial charge in [-0.05, 0) is 16.8 Å². The van der Waals surface area contributed by atoms with Crippen LogP contribution in [0.25, 0.3) is 5.70 Å². The fourth-order valence-electron chi connectivity index (χ4n) is 1.94. The van der Waals surface area contributed by atoms with E-state index in [-0.39, 0.29) is 11.2 Å². The number of carbonyl (C=O) groups is 1. The molecule has 17 heavy (non-hydrogen) atoms. The summed E-state index contributed by atoms with van der Waals surface area (Å²) in [5.74, 6) is -0.448. The monoisotopic (exact) mass is 236 g/mol. The number of aromatic nitrogens is 3. The van der Waals surface area contributed by atoms with E-state index in [1.807, 2.05) is 13.8 Å². The molecule has 0 aromatic carbocycles. The molecule has 0 N–H and O–H groups in total. The molecule has 1 aliphatic rings. The van der Waals surface area contributed by atoms with Crippen LogP contribution >= 0.6 is 0 Å². The van der Waals surface area contributed by atoms with Crippen LogP contribution in [-0.2, 0) is 4.79 Å². The van der Waals surface area contributed by atoms with Gasteiger partial charge in [-0.1, -0.05) is 18.8 Å². The highest BCUT2D eigenvalue weighted by molar-refractivity contribution is 5.96. The van der Waals surface area contributed by atoms with Crippen LogP contribution in [0.1, 0.15) is 26.7 Å². The molecule has 0 unspecified atom stereocenters. The Labute approximate surface area is 97.3 Å². The Morgan fingerprint density at radius 1 is 1.47 bits per heavy atom. The topological polar surface area (TPSA) is 90.9 Å². The Balaban J connectivity index is 2.33. The Morgan fingerprint density at radius 2 is 2.18 bits per heavy atom. The molecule has 2 rings (SSSR count). The van der Waals surface area contributed by atoms with E-state index in [1.165, 1.54) is 17.1 Å². The zero-order valence-corrected chi connectivity index (χ0v) is 9.58. The van der Waals surface area contributed by atoms with Crippen LogP contribution in [0.15, 0.2) is 12.4 Å². The molecule has 7 heteroatoms. The van der Waals surface area contributed by atoms with Crippen LogP contribution in [0.5, 0.6) is 0 Å². The van der Waals surface area contributed by atoms with E-state index < -0.39 is 10.9 Å². The number of nitrogens with zero attached hydrogens (tertiary/aromatic N) is 4. The van der Waals surface area contributed by atoms with Crippen molar-refractivity contribution in [2.24, 2.45) is 5.41 Å². The average Bonchev–Trinajstić information content (AvgIpc) is 2.62. The quantitative estimate of drug-likeness (QED) is 0.572. The molecule has 90 valence electrons. The minimum Gasteiger partial charge on any atom is -0.390 e. The van der Waals surface area contributed by atoms with E-state index in [2.05, 4.69) is 10.1 Å². The molecular formula is C10H12N4O3. The molecule has 0 atom stereocenters. The Kier molecular flexibility index (Phi) is 2.53. The summed E-state index contributed by atoms with van der Waals surface area (Å²) in [6.45, 7) is 3.95. The van der Waals surface area contributed by atoms with Crippen LogP contribution in [0.4, 0.5) is 5.95 Å². The summed E-state index contributed by atoms with van der Waals surface area (Å²) in [6, 6.07) is 0. The number of ketones is 1. The summed E-state index contributed by atoms with van der Waals surface area (Å²) in [4.78, 5) is 24.9. The molecule has 1 heterocycles. The molecule has 0 bridgehead atoms. The minimum absolute atomic E-state index is 0.00871. The molecule has 1 aromatic rings. The van der Waals surface area contributed by atoms with Crippen molar-refractivity contribution in [3.8, 4) is 0 Å². The van der Waals surface area contributed by atoms with Gasteiger partial charge < -0.3 is 10.1 Å². The van der Waals surface area contributed by atoms with Crippen molar-refractivity contribution in [3.05, 3.63) is 22.5 Å². The lowest BCUT2D eigenvalue weighted by atomic mass is 9.79. The lowest BCUT2D eigenvalue weighted by molar-refractivity contribution is -0.394. The predicted octanol–water partition coefficient (Wildman–Crippen LogP) is 1.42. The normalized spacial score (nSPS) is 18.9. The standard InChI is InChI=1S/C10H12N4O3/c1-10(2)4-7(3-8(15)5-10)13-6-11-9(12-13)14(16)17/h3,6H,4-5H2,1-2H3. The molecule has 7 nitrogen and oxygen atoms in total. The van der Waals surface area contributed by atoms with Crippen molar-refractivity contribution in [2.45, 2.75) is 26.7 Å². The second-order valence-corrected chi connectivity index (χ2v) is 4.87. The van der Waals surface area contributed by atoms with E-state index in [9.17, 15) is 14.9 Å². The molecule has 0 amide bonds. The zero-order chi connectivity index (χ0) is 12.6. The number of hydrogen-bond acceptors (Lipinski definition) is 5. The third kappa shape index (κ3) is 2.38. The zero-order valence-electron chi connectivity index (χ0n) is 9.58. The predicted molar refractivity (Wildman–Crippen MR) is 59.0 cm³/mol. The summed E-state index contributed by atoms with van der Waals surface area (Å²) < 4.78 is 1.30. The lowest BCUT2D eigenvalue weighted by Crippen LogP contribution is -2.23. The first-order valence-corrected chi connectivity index (χ1v) is 5.17. The second kappa shape index (κ2) is 3.76. The van der Waals surface area contributed by atoms with Gasteiger partial charge in [-0.25, -0.2) is 0 Å². The Hall–Kier alpha value is -2.05. The van der Waals surface area contributed by atoms with Crippen LogP contribution < -0.4 is 0 Å². The van der Waals surface area contributed by atoms with Gasteiger partial charge in [-0.15, -0.1) is 4.68 Å². The fraction of sp³-hybridized carbons (Fsp3) is 0.500. The Bertz CT molecular complexity index is 515. The molecule has 0 saturated heterocycles. The Morgan fingerprint density at radius 3 is 2.71 bits per heavy atom. The van der Waals surface area contributed by atoms with Gasteiger partial charge in [0.15, 0.2) is 5.78 Å². The van der Waals surface area contributed by atoms with Gasteiger partial charge in [0, 0.05) is 17.6 Å². The van der Waals surface area contributed by atoms with E-state index in [0.29, 0.717) is 18.5 Å². The SMILES string of the molecule is CC1(C)CC(=O)C=C(n2cnc([N+](=O)[O-])n2)C1. The van der Waals surface area contributed by atoms with Gasteiger partial charge in [0.25, 0.3) is 0 Å². The van der Waals surface area contributed by atoms with E-state index in [1.54, 1.807) is 0 Å². The number of rotatable bonds is 2. The number of allylic oxidation sites excluding steroid dienone is 2. The highest BCUT2D eigenvalue weighted by Crippen LogP contribution is 2.35. The number of hydrogen-bond donors (Lipinski definition) is 0. The van der Waals surface area contributed by atoms with Crippen molar-refractivity contribution in [1.82, 2.24) is 14.8 Å². The lowest BCUT2D eigenvalue weighted by Gasteiger charge is -2.27. The maximum Gasteiger partial charge on any atom is 0.491 e. The van der Waals surface area contributed by atoms with Gasteiger partial charge in [0.1, 0.15) is 0 Å². The molecule has 1 aliphatic carbocycles. The highest BCUT2D eigenvalue weighted by Gasteiger charge is 2.30. The summed E-state index contributed by atoms with van der Waals surface area (Å²) in [5, 5.41) is 14.2. The van der Waals surface area contributed by atoms with Gasteiger partial charge in [-0.3, -0.25) is 4.79 Å². The second-order valence-electron chi connectivity index (χ2n) is 4.87. The molecule has 0 saturated carbocycles. The molecule has 0 aliphatic heterocycles. The smallest absolute Gasteiger partial charge is 0.390 e. The fourth-order valence-corrected chi connectivity index (χ4v) is 1.94. The largest absolute Gasteiger partial charge is 0.491 e. The van der Waals surface area contributed by atoms with Gasteiger partial charge in [0.05, 0.1) is 5.70 Å². The summed E-state index contributed by atoms with van der Waals surface area (Å²) >= 11 is 0. The molecule has 0 radical (unpaired) electrons. The minimum atomic E-state index is -0.660. The van der Waals surface area contributed by atoms with Gasteiger partial charge in [0.2, 0.25) is 6.33 Å². The van der Waals surface area contributed by atoms with Crippen molar-refractivity contribution in [1.29, 1.82) is 0 Å². The maximum atomic E-state index is 11.5.